The van der Waals surface area contributed by atoms with Crippen molar-refractivity contribution >= 4 is 0 Å². The molecule has 0 heterocycles. The van der Waals surface area contributed by atoms with Gasteiger partial charge in [0.25, 0.3) is 0 Å². The molecule has 0 aliphatic rings. The summed E-state index contributed by atoms with van der Waals surface area (Å²) in [6.45, 7) is 1.59. The summed E-state index contributed by atoms with van der Waals surface area (Å²) in [6, 6.07) is 1.22. The summed E-state index contributed by atoms with van der Waals surface area (Å²) in [7, 11) is 0. The van der Waals surface area contributed by atoms with Crippen molar-refractivity contribution in [2.45, 2.75) is 19.1 Å². The zero-order valence-corrected chi connectivity index (χ0v) is 7.40. The fraction of sp³-hybridized carbons (Fsp3) is 0.333. The van der Waals surface area contributed by atoms with Crippen LogP contribution in [0, 0.1) is 12.7 Å². The molecule has 0 aliphatic carbocycles. The maximum absolute atomic E-state index is 13.1. The van der Waals surface area contributed by atoms with Crippen LogP contribution in [0.4, 0.5) is 17.6 Å². The highest BCUT2D eigenvalue weighted by Crippen LogP contribution is 2.31. The van der Waals surface area contributed by atoms with Gasteiger partial charge in [-0.3, -0.25) is 0 Å². The van der Waals surface area contributed by atoms with Crippen LogP contribution < -0.4 is 5.73 Å². The van der Waals surface area contributed by atoms with Crippen molar-refractivity contribution in [3.63, 3.8) is 0 Å². The van der Waals surface area contributed by atoms with E-state index in [1.807, 2.05) is 0 Å². The van der Waals surface area contributed by atoms with E-state index in [0.29, 0.717) is 5.56 Å². The molecule has 0 fully saturated rings. The minimum atomic E-state index is -4.61. The lowest BCUT2D eigenvalue weighted by atomic mass is 10.0. The third-order valence-electron chi connectivity index (χ3n) is 1.84. The molecule has 1 rings (SSSR count). The fourth-order valence-corrected chi connectivity index (χ4v) is 1.06. The van der Waals surface area contributed by atoms with Crippen LogP contribution in [0.15, 0.2) is 18.2 Å². The number of nitrogens with two attached hydrogens (primary N) is 1. The van der Waals surface area contributed by atoms with E-state index < -0.39 is 23.6 Å². The first kappa shape index (κ1) is 11.0. The quantitative estimate of drug-likeness (QED) is 0.704. The SMILES string of the molecule is Cc1ccc([C@H](N)C(F)(F)F)c(F)c1. The number of alkyl halides is 3. The topological polar surface area (TPSA) is 26.0 Å². The molecule has 0 amide bonds. The highest BCUT2D eigenvalue weighted by molar-refractivity contribution is 5.26. The molecule has 78 valence electrons. The molecule has 0 bridgehead atoms. The lowest BCUT2D eigenvalue weighted by molar-refractivity contribution is -0.149. The zero-order chi connectivity index (χ0) is 10.9. The fourth-order valence-electron chi connectivity index (χ4n) is 1.06. The van der Waals surface area contributed by atoms with E-state index in [1.54, 1.807) is 6.92 Å². The first-order valence-electron chi connectivity index (χ1n) is 3.90. The van der Waals surface area contributed by atoms with Crippen LogP contribution in [0.5, 0.6) is 0 Å². The van der Waals surface area contributed by atoms with Gasteiger partial charge in [-0.15, -0.1) is 0 Å². The van der Waals surface area contributed by atoms with E-state index >= 15 is 0 Å². The molecule has 0 saturated heterocycles. The minimum Gasteiger partial charge on any atom is -0.316 e. The van der Waals surface area contributed by atoms with Gasteiger partial charge in [-0.05, 0) is 18.6 Å². The third-order valence-corrected chi connectivity index (χ3v) is 1.84. The van der Waals surface area contributed by atoms with E-state index in [0.717, 1.165) is 12.1 Å². The summed E-state index contributed by atoms with van der Waals surface area (Å²) >= 11 is 0. The van der Waals surface area contributed by atoms with Crippen molar-refractivity contribution in [3.05, 3.63) is 35.1 Å². The van der Waals surface area contributed by atoms with Gasteiger partial charge < -0.3 is 5.73 Å². The van der Waals surface area contributed by atoms with E-state index in [2.05, 4.69) is 0 Å². The van der Waals surface area contributed by atoms with E-state index in [1.165, 1.54) is 6.07 Å². The lowest BCUT2D eigenvalue weighted by Crippen LogP contribution is -2.29. The number of hydrogen-bond donors (Lipinski definition) is 1. The van der Waals surface area contributed by atoms with Gasteiger partial charge in [0.15, 0.2) is 0 Å². The van der Waals surface area contributed by atoms with Crippen LogP contribution in [0.3, 0.4) is 0 Å². The standard InChI is InChI=1S/C9H9F4N/c1-5-2-3-6(7(10)4-5)8(14)9(11,12)13/h2-4,8H,14H2,1H3/t8-/m0/s1. The van der Waals surface area contributed by atoms with Gasteiger partial charge in [0, 0.05) is 5.56 Å². The molecule has 0 saturated carbocycles. The predicted molar refractivity (Wildman–Crippen MR) is 44.1 cm³/mol. The number of aryl methyl sites for hydroxylation is 1. The highest BCUT2D eigenvalue weighted by atomic mass is 19.4. The van der Waals surface area contributed by atoms with Crippen molar-refractivity contribution in [1.29, 1.82) is 0 Å². The Labute approximate surface area is 78.5 Å². The average molecular weight is 207 g/mol. The molecule has 1 aromatic rings. The number of halogens is 4. The minimum absolute atomic E-state index is 0.525. The maximum Gasteiger partial charge on any atom is 0.407 e. The Morgan fingerprint density at radius 3 is 2.29 bits per heavy atom. The van der Waals surface area contributed by atoms with Gasteiger partial charge in [0.05, 0.1) is 0 Å². The van der Waals surface area contributed by atoms with Crippen molar-refractivity contribution in [3.8, 4) is 0 Å². The van der Waals surface area contributed by atoms with Crippen LogP contribution in [-0.4, -0.2) is 6.18 Å². The first-order valence-corrected chi connectivity index (χ1v) is 3.90. The van der Waals surface area contributed by atoms with Crippen molar-refractivity contribution < 1.29 is 17.6 Å². The van der Waals surface area contributed by atoms with Crippen molar-refractivity contribution in [2.75, 3.05) is 0 Å². The van der Waals surface area contributed by atoms with Crippen LogP contribution in [0.1, 0.15) is 17.2 Å². The van der Waals surface area contributed by atoms with E-state index in [9.17, 15) is 17.6 Å². The Hall–Kier alpha value is -1.10. The van der Waals surface area contributed by atoms with E-state index in [4.69, 9.17) is 5.73 Å². The maximum atomic E-state index is 13.1. The zero-order valence-electron chi connectivity index (χ0n) is 7.40. The van der Waals surface area contributed by atoms with Crippen LogP contribution in [0.25, 0.3) is 0 Å². The van der Waals surface area contributed by atoms with Gasteiger partial charge in [0.1, 0.15) is 11.9 Å². The molecular formula is C9H9F4N. The predicted octanol–water partition coefficient (Wildman–Crippen LogP) is 2.70. The highest BCUT2D eigenvalue weighted by Gasteiger charge is 2.39. The number of benzene rings is 1. The molecule has 0 unspecified atom stereocenters. The molecule has 0 aliphatic heterocycles. The Bertz CT molecular complexity index is 332. The second kappa shape index (κ2) is 3.57. The molecule has 14 heavy (non-hydrogen) atoms. The van der Waals surface area contributed by atoms with Crippen LogP contribution in [0.2, 0.25) is 0 Å². The normalized spacial score (nSPS) is 14.1. The van der Waals surface area contributed by atoms with Gasteiger partial charge in [-0.2, -0.15) is 13.2 Å². The molecule has 1 atom stereocenters. The molecule has 2 N–H and O–H groups in total. The Morgan fingerprint density at radius 1 is 1.29 bits per heavy atom. The average Bonchev–Trinajstić information content (AvgIpc) is 2.01. The van der Waals surface area contributed by atoms with Gasteiger partial charge in [-0.25, -0.2) is 4.39 Å². The molecule has 0 spiro atoms. The summed E-state index contributed by atoms with van der Waals surface area (Å²) < 4.78 is 49.4. The third kappa shape index (κ3) is 2.23. The smallest absolute Gasteiger partial charge is 0.316 e. The summed E-state index contributed by atoms with van der Waals surface area (Å²) in [5.74, 6) is -0.921. The molecule has 0 aromatic heterocycles. The summed E-state index contributed by atoms with van der Waals surface area (Å²) in [5.41, 5.74) is 4.89. The summed E-state index contributed by atoms with van der Waals surface area (Å²) in [5, 5.41) is 0. The molecule has 1 nitrogen and oxygen atoms in total. The Kier molecular flexibility index (Phi) is 2.80. The second-order valence-corrected chi connectivity index (χ2v) is 3.04. The molecule has 5 heteroatoms. The number of rotatable bonds is 1. The summed E-state index contributed by atoms with van der Waals surface area (Å²) in [6.07, 6.45) is -4.61. The van der Waals surface area contributed by atoms with Gasteiger partial charge in [-0.1, -0.05) is 12.1 Å². The van der Waals surface area contributed by atoms with Crippen molar-refractivity contribution in [2.24, 2.45) is 5.73 Å². The van der Waals surface area contributed by atoms with E-state index in [-0.39, 0.29) is 0 Å². The Balaban J connectivity index is 3.08. The molecular weight excluding hydrogens is 198 g/mol. The number of hydrogen-bond acceptors (Lipinski definition) is 1. The lowest BCUT2D eigenvalue weighted by Gasteiger charge is -2.16. The second-order valence-electron chi connectivity index (χ2n) is 3.04. The van der Waals surface area contributed by atoms with Crippen molar-refractivity contribution in [1.82, 2.24) is 0 Å². The molecule has 1 aromatic carbocycles. The Morgan fingerprint density at radius 2 is 1.86 bits per heavy atom. The summed E-state index contributed by atoms with van der Waals surface area (Å²) in [4.78, 5) is 0. The van der Waals surface area contributed by atoms with Crippen LogP contribution in [-0.2, 0) is 0 Å². The first-order chi connectivity index (χ1) is 6.32. The van der Waals surface area contributed by atoms with Crippen LogP contribution >= 0.6 is 0 Å². The van der Waals surface area contributed by atoms with Gasteiger partial charge >= 0.3 is 6.18 Å². The molecule has 0 radical (unpaired) electrons. The monoisotopic (exact) mass is 207 g/mol. The largest absolute Gasteiger partial charge is 0.407 e. The van der Waals surface area contributed by atoms with Gasteiger partial charge in [0.2, 0.25) is 0 Å².